The fraction of sp³-hybridized carbons (Fsp3) is 0.167. The van der Waals surface area contributed by atoms with E-state index in [1.54, 1.807) is 49.9 Å². The molecular formula is C36H35ClN14O4. The van der Waals surface area contributed by atoms with Crippen LogP contribution in [-0.2, 0) is 13.1 Å². The Morgan fingerprint density at radius 1 is 0.527 bits per heavy atom. The molecule has 0 aliphatic carbocycles. The number of halogens is 1. The lowest BCUT2D eigenvalue weighted by atomic mass is 10.1. The molecular weight excluding hydrogens is 728 g/mol. The molecule has 0 fully saturated rings. The number of aromatic nitrogens is 12. The summed E-state index contributed by atoms with van der Waals surface area (Å²) in [5.41, 5.74) is 17.7. The van der Waals surface area contributed by atoms with Crippen LogP contribution in [0.1, 0.15) is 11.1 Å². The first-order valence-corrected chi connectivity index (χ1v) is 16.3. The summed E-state index contributed by atoms with van der Waals surface area (Å²) in [6, 6.07) is 22.4. The molecule has 8 rings (SSSR count). The molecule has 0 aliphatic heterocycles. The predicted molar refractivity (Wildman–Crippen MR) is 206 cm³/mol. The van der Waals surface area contributed by atoms with Crippen LogP contribution in [0, 0.1) is 0 Å². The number of ether oxygens (including phenoxy) is 4. The van der Waals surface area contributed by atoms with E-state index < -0.39 is 0 Å². The van der Waals surface area contributed by atoms with E-state index in [1.807, 2.05) is 60.7 Å². The summed E-state index contributed by atoms with van der Waals surface area (Å²) in [5, 5.41) is 25.7. The first-order chi connectivity index (χ1) is 26.4. The fourth-order valence-corrected chi connectivity index (χ4v) is 5.81. The number of methoxy groups -OCH3 is 4. The molecule has 0 bridgehead atoms. The van der Waals surface area contributed by atoms with E-state index in [9.17, 15) is 0 Å². The van der Waals surface area contributed by atoms with Gasteiger partial charge in [-0.05, 0) is 68.4 Å². The Morgan fingerprint density at radius 2 is 0.927 bits per heavy atom. The topological polar surface area (TPSA) is 228 Å². The Labute approximate surface area is 319 Å². The Bertz CT molecular complexity index is 2400. The van der Waals surface area contributed by atoms with E-state index in [1.165, 1.54) is 12.7 Å². The van der Waals surface area contributed by atoms with Crippen LogP contribution in [0.25, 0.3) is 44.8 Å². The van der Waals surface area contributed by atoms with E-state index >= 15 is 0 Å². The average Bonchev–Trinajstić information content (AvgIpc) is 3.86. The molecule has 4 aromatic carbocycles. The highest BCUT2D eigenvalue weighted by Gasteiger charge is 2.19. The number of fused-ring (bicyclic) bond motifs is 2. The van der Waals surface area contributed by atoms with Gasteiger partial charge in [-0.25, -0.2) is 29.3 Å². The van der Waals surface area contributed by atoms with Crippen molar-refractivity contribution in [3.8, 4) is 46.0 Å². The van der Waals surface area contributed by atoms with Gasteiger partial charge in [-0.2, -0.15) is 0 Å². The van der Waals surface area contributed by atoms with Crippen molar-refractivity contribution >= 4 is 45.6 Å². The predicted octanol–water partition coefficient (Wildman–Crippen LogP) is 4.28. The fourth-order valence-electron chi connectivity index (χ4n) is 5.81. The van der Waals surface area contributed by atoms with E-state index in [2.05, 4.69) is 51.0 Å². The van der Waals surface area contributed by atoms with Gasteiger partial charge in [0.2, 0.25) is 11.6 Å². The number of nitrogen functional groups attached to an aromatic ring is 2. The number of hydrogen-bond donors (Lipinski definition) is 2. The maximum absolute atomic E-state index is 5.86. The first-order valence-electron chi connectivity index (χ1n) is 16.3. The zero-order valence-electron chi connectivity index (χ0n) is 30.1. The third-order valence-electron chi connectivity index (χ3n) is 8.34. The summed E-state index contributed by atoms with van der Waals surface area (Å²) < 4.78 is 24.8. The summed E-state index contributed by atoms with van der Waals surface area (Å²) in [5.74, 6) is 3.39. The molecule has 18 nitrogen and oxygen atoms in total. The number of hydrogen-bond acceptors (Lipinski definition) is 16. The van der Waals surface area contributed by atoms with Gasteiger partial charge >= 0.3 is 0 Å². The summed E-state index contributed by atoms with van der Waals surface area (Å²) in [4.78, 5) is 17.4. The van der Waals surface area contributed by atoms with E-state index in [0.29, 0.717) is 81.5 Å². The van der Waals surface area contributed by atoms with Crippen LogP contribution in [0.4, 0.5) is 11.4 Å². The highest BCUT2D eigenvalue weighted by atomic mass is 35.5. The summed E-state index contributed by atoms with van der Waals surface area (Å²) in [6.45, 7) is 0.929. The Morgan fingerprint density at radius 3 is 1.31 bits per heavy atom. The number of tetrazole rings is 2. The van der Waals surface area contributed by atoms with Crippen LogP contribution in [-0.4, -0.2) is 88.8 Å². The van der Waals surface area contributed by atoms with Crippen molar-refractivity contribution in [1.29, 1.82) is 0 Å². The molecule has 55 heavy (non-hydrogen) atoms. The SMILES string of the molecule is COc1cc2ncnc(-c3nnnn3Cc3cccc(N)c3)c2cc1OC.COc1cc2ncnc(-c3nnnn3Cc3cccc(N)c3)c2cc1OC.Cl. The van der Waals surface area contributed by atoms with Gasteiger partial charge in [0.25, 0.3) is 0 Å². The molecule has 0 radical (unpaired) electrons. The van der Waals surface area contributed by atoms with Gasteiger partial charge in [0, 0.05) is 34.3 Å². The minimum Gasteiger partial charge on any atom is -0.493 e. The molecule has 19 heteroatoms. The molecule has 0 atom stereocenters. The molecule has 8 aromatic rings. The molecule has 0 saturated carbocycles. The number of benzene rings is 4. The van der Waals surface area contributed by atoms with Crippen molar-refractivity contribution in [3.05, 3.63) is 96.6 Å². The van der Waals surface area contributed by atoms with Crippen LogP contribution >= 0.6 is 12.4 Å². The normalized spacial score (nSPS) is 10.7. The Hall–Kier alpha value is -7.21. The molecule has 4 aromatic heterocycles. The minimum atomic E-state index is 0. The van der Waals surface area contributed by atoms with Crippen LogP contribution < -0.4 is 30.4 Å². The third-order valence-corrected chi connectivity index (χ3v) is 8.34. The number of nitrogens with two attached hydrogens (primary N) is 2. The van der Waals surface area contributed by atoms with Gasteiger partial charge in [0.15, 0.2) is 23.0 Å². The molecule has 0 aliphatic rings. The van der Waals surface area contributed by atoms with Gasteiger partial charge < -0.3 is 30.4 Å². The van der Waals surface area contributed by atoms with Gasteiger partial charge in [0.1, 0.15) is 24.0 Å². The maximum atomic E-state index is 5.86. The molecule has 4 heterocycles. The summed E-state index contributed by atoms with van der Waals surface area (Å²) in [6.07, 6.45) is 2.95. The lowest BCUT2D eigenvalue weighted by Gasteiger charge is -2.11. The van der Waals surface area contributed by atoms with Crippen molar-refractivity contribution in [2.24, 2.45) is 0 Å². The van der Waals surface area contributed by atoms with Crippen LogP contribution in [0.15, 0.2) is 85.5 Å². The molecule has 0 saturated heterocycles. The second kappa shape index (κ2) is 16.6. The largest absolute Gasteiger partial charge is 0.493 e. The van der Waals surface area contributed by atoms with E-state index in [0.717, 1.165) is 21.9 Å². The third kappa shape index (κ3) is 7.93. The molecule has 280 valence electrons. The molecule has 0 amide bonds. The quantitative estimate of drug-likeness (QED) is 0.185. The highest BCUT2D eigenvalue weighted by Crippen LogP contribution is 2.36. The van der Waals surface area contributed by atoms with Gasteiger partial charge in [0.05, 0.1) is 52.6 Å². The van der Waals surface area contributed by atoms with Gasteiger partial charge in [-0.3, -0.25) is 0 Å². The van der Waals surface area contributed by atoms with Gasteiger partial charge in [-0.15, -0.1) is 22.6 Å². The van der Waals surface area contributed by atoms with Gasteiger partial charge in [-0.1, -0.05) is 24.3 Å². The number of rotatable bonds is 10. The van der Waals surface area contributed by atoms with Crippen molar-refractivity contribution in [2.75, 3.05) is 39.9 Å². The van der Waals surface area contributed by atoms with Crippen molar-refractivity contribution in [3.63, 3.8) is 0 Å². The summed E-state index contributed by atoms with van der Waals surface area (Å²) >= 11 is 0. The van der Waals surface area contributed by atoms with Crippen molar-refractivity contribution < 1.29 is 18.9 Å². The first kappa shape index (κ1) is 37.5. The Balaban J connectivity index is 0.000000184. The zero-order valence-corrected chi connectivity index (χ0v) is 30.9. The lowest BCUT2D eigenvalue weighted by Crippen LogP contribution is -2.06. The molecule has 0 unspecified atom stereocenters. The maximum Gasteiger partial charge on any atom is 0.201 e. The number of nitrogens with zero attached hydrogens (tertiary/aromatic N) is 12. The van der Waals surface area contributed by atoms with E-state index in [-0.39, 0.29) is 12.4 Å². The van der Waals surface area contributed by atoms with Crippen LogP contribution in [0.5, 0.6) is 23.0 Å². The van der Waals surface area contributed by atoms with Crippen molar-refractivity contribution in [1.82, 2.24) is 60.4 Å². The van der Waals surface area contributed by atoms with Crippen LogP contribution in [0.3, 0.4) is 0 Å². The smallest absolute Gasteiger partial charge is 0.201 e. The molecule has 4 N–H and O–H groups in total. The second-order valence-corrected chi connectivity index (χ2v) is 11.7. The second-order valence-electron chi connectivity index (χ2n) is 11.7. The minimum absolute atomic E-state index is 0. The average molecular weight is 763 g/mol. The Kier molecular flexibility index (Phi) is 11.4. The monoisotopic (exact) mass is 762 g/mol. The number of anilines is 2. The molecule has 0 spiro atoms. The van der Waals surface area contributed by atoms with E-state index in [4.69, 9.17) is 30.4 Å². The standard InChI is InChI=1S/2C18H17N7O2.ClH/c2*1-26-15-7-13-14(8-16(15)27-2)20-10-21-17(13)18-22-23-24-25(18)9-11-4-3-5-12(19)6-11;/h2*3-8,10H,9,19H2,1-2H3;1H. The lowest BCUT2D eigenvalue weighted by molar-refractivity contribution is 0.356. The van der Waals surface area contributed by atoms with Crippen LogP contribution in [0.2, 0.25) is 0 Å². The highest BCUT2D eigenvalue weighted by molar-refractivity contribution is 5.93. The zero-order chi connectivity index (χ0) is 37.6. The van der Waals surface area contributed by atoms with Crippen molar-refractivity contribution in [2.45, 2.75) is 13.1 Å². The summed E-state index contributed by atoms with van der Waals surface area (Å²) in [7, 11) is 6.32.